The van der Waals surface area contributed by atoms with Crippen molar-refractivity contribution in [3.05, 3.63) is 23.5 Å². The van der Waals surface area contributed by atoms with Crippen molar-refractivity contribution in [2.75, 3.05) is 13.1 Å². The van der Waals surface area contributed by atoms with Gasteiger partial charge in [0.05, 0.1) is 0 Å². The molecule has 1 aliphatic rings. The van der Waals surface area contributed by atoms with Gasteiger partial charge in [0.2, 0.25) is 0 Å². The van der Waals surface area contributed by atoms with Crippen molar-refractivity contribution in [2.24, 2.45) is 0 Å². The van der Waals surface area contributed by atoms with E-state index in [0.717, 1.165) is 30.0 Å². The van der Waals surface area contributed by atoms with Crippen LogP contribution in [-0.4, -0.2) is 40.8 Å². The number of nitrogens with zero attached hydrogens (tertiary/aromatic N) is 2. The number of carbonyl (C=O) groups is 1. The molecule has 0 aliphatic carbocycles. The Morgan fingerprint density at radius 1 is 1.18 bits per heavy atom. The van der Waals surface area contributed by atoms with Crippen LogP contribution in [0.3, 0.4) is 0 Å². The number of ether oxygens (including phenoxy) is 2. The predicted molar refractivity (Wildman–Crippen MR) is 85.2 cm³/mol. The Balaban J connectivity index is 1.86. The summed E-state index contributed by atoms with van der Waals surface area (Å²) in [6.45, 7) is 10.9. The number of aromatic nitrogens is 1. The third-order valence-corrected chi connectivity index (χ3v) is 3.45. The predicted octanol–water partition coefficient (Wildman–Crippen LogP) is 3.48. The van der Waals surface area contributed by atoms with E-state index < -0.39 is 5.60 Å². The Bertz CT molecular complexity index is 509. The highest BCUT2D eigenvalue weighted by Crippen LogP contribution is 2.21. The van der Waals surface area contributed by atoms with Crippen LogP contribution in [0.1, 0.15) is 45.0 Å². The molecule has 0 unspecified atom stereocenters. The minimum absolute atomic E-state index is 0.139. The molecule has 0 spiro atoms. The van der Waals surface area contributed by atoms with Crippen molar-refractivity contribution in [1.29, 1.82) is 0 Å². The second-order valence-electron chi connectivity index (χ2n) is 6.87. The molecule has 2 heterocycles. The van der Waals surface area contributed by atoms with Gasteiger partial charge in [-0.25, -0.2) is 4.79 Å². The lowest BCUT2D eigenvalue weighted by molar-refractivity contribution is 0.0126. The summed E-state index contributed by atoms with van der Waals surface area (Å²) in [5.74, 6) is 0.862. The normalized spacial score (nSPS) is 16.5. The Labute approximate surface area is 132 Å². The summed E-state index contributed by atoms with van der Waals surface area (Å²) in [5, 5.41) is 0. The molecular weight excluding hydrogens is 280 g/mol. The Kier molecular flexibility index (Phi) is 4.94. The second-order valence-corrected chi connectivity index (χ2v) is 6.87. The molecule has 1 aromatic rings. The van der Waals surface area contributed by atoms with Crippen molar-refractivity contribution in [2.45, 2.75) is 59.2 Å². The highest BCUT2D eigenvalue weighted by atomic mass is 16.6. The first-order valence-electron chi connectivity index (χ1n) is 7.83. The lowest BCUT2D eigenvalue weighted by Gasteiger charge is -2.33. The molecular formula is C17H26N2O3. The van der Waals surface area contributed by atoms with Gasteiger partial charge < -0.3 is 14.4 Å². The van der Waals surface area contributed by atoms with Crippen LogP contribution >= 0.6 is 0 Å². The van der Waals surface area contributed by atoms with Crippen LogP contribution in [0, 0.1) is 13.8 Å². The molecule has 5 nitrogen and oxygen atoms in total. The maximum absolute atomic E-state index is 12.0. The Morgan fingerprint density at radius 3 is 2.23 bits per heavy atom. The molecule has 0 N–H and O–H groups in total. The number of aryl methyl sites for hydroxylation is 2. The van der Waals surface area contributed by atoms with Gasteiger partial charge in [-0.05, 0) is 34.6 Å². The fourth-order valence-electron chi connectivity index (χ4n) is 2.54. The lowest BCUT2D eigenvalue weighted by atomic mass is 10.1. The zero-order chi connectivity index (χ0) is 16.3. The molecule has 0 saturated carbocycles. The van der Waals surface area contributed by atoms with E-state index in [4.69, 9.17) is 9.47 Å². The van der Waals surface area contributed by atoms with E-state index in [1.807, 2.05) is 46.8 Å². The number of rotatable bonds is 2. The first kappa shape index (κ1) is 16.6. The number of pyridine rings is 1. The quantitative estimate of drug-likeness (QED) is 0.839. The summed E-state index contributed by atoms with van der Waals surface area (Å²) < 4.78 is 11.4. The van der Waals surface area contributed by atoms with Crippen LogP contribution < -0.4 is 4.74 Å². The van der Waals surface area contributed by atoms with E-state index in [0.29, 0.717) is 13.1 Å². The van der Waals surface area contributed by atoms with E-state index in [1.165, 1.54) is 0 Å². The topological polar surface area (TPSA) is 51.7 Å². The van der Waals surface area contributed by atoms with Crippen LogP contribution in [0.25, 0.3) is 0 Å². The van der Waals surface area contributed by atoms with Crippen molar-refractivity contribution >= 4 is 6.09 Å². The Morgan fingerprint density at radius 2 is 1.73 bits per heavy atom. The van der Waals surface area contributed by atoms with E-state index in [-0.39, 0.29) is 12.2 Å². The van der Waals surface area contributed by atoms with Crippen LogP contribution in [0.2, 0.25) is 0 Å². The van der Waals surface area contributed by atoms with Crippen LogP contribution in [-0.2, 0) is 4.74 Å². The molecule has 1 aliphatic heterocycles. The zero-order valence-corrected chi connectivity index (χ0v) is 14.2. The molecule has 1 amide bonds. The highest BCUT2D eigenvalue weighted by molar-refractivity contribution is 5.68. The number of likely N-dealkylation sites (tertiary alicyclic amines) is 1. The zero-order valence-electron chi connectivity index (χ0n) is 14.2. The van der Waals surface area contributed by atoms with Gasteiger partial charge >= 0.3 is 6.09 Å². The largest absolute Gasteiger partial charge is 0.490 e. The molecule has 0 radical (unpaired) electrons. The van der Waals surface area contributed by atoms with Gasteiger partial charge in [0, 0.05) is 49.5 Å². The van der Waals surface area contributed by atoms with Gasteiger partial charge in [-0.3, -0.25) is 4.98 Å². The van der Waals surface area contributed by atoms with Crippen molar-refractivity contribution in [3.8, 4) is 5.75 Å². The van der Waals surface area contributed by atoms with Crippen LogP contribution in [0.15, 0.2) is 12.1 Å². The number of amides is 1. The van der Waals surface area contributed by atoms with Crippen molar-refractivity contribution in [1.82, 2.24) is 9.88 Å². The number of carbonyl (C=O) groups excluding carboxylic acids is 1. The van der Waals surface area contributed by atoms with E-state index in [1.54, 1.807) is 4.90 Å². The standard InChI is InChI=1S/C17H26N2O3/c1-12-10-15(11-13(2)18-12)21-14-6-8-19(9-7-14)16(20)22-17(3,4)5/h10-11,14H,6-9H2,1-5H3. The second kappa shape index (κ2) is 6.55. The smallest absolute Gasteiger partial charge is 0.410 e. The minimum Gasteiger partial charge on any atom is -0.490 e. The summed E-state index contributed by atoms with van der Waals surface area (Å²) in [4.78, 5) is 18.1. The van der Waals surface area contributed by atoms with Gasteiger partial charge in [-0.15, -0.1) is 0 Å². The van der Waals surface area contributed by atoms with Crippen LogP contribution in [0.4, 0.5) is 4.79 Å². The first-order valence-corrected chi connectivity index (χ1v) is 7.83. The summed E-state index contributed by atoms with van der Waals surface area (Å²) in [6, 6.07) is 3.90. The molecule has 1 aromatic heterocycles. The summed E-state index contributed by atoms with van der Waals surface area (Å²) in [5.41, 5.74) is 1.47. The number of piperidine rings is 1. The van der Waals surface area contributed by atoms with E-state index >= 15 is 0 Å². The van der Waals surface area contributed by atoms with E-state index in [2.05, 4.69) is 4.98 Å². The molecule has 2 rings (SSSR count). The minimum atomic E-state index is -0.448. The molecule has 1 fully saturated rings. The summed E-state index contributed by atoms with van der Waals surface area (Å²) in [6.07, 6.45) is 1.54. The fourth-order valence-corrected chi connectivity index (χ4v) is 2.54. The molecule has 5 heteroatoms. The third-order valence-electron chi connectivity index (χ3n) is 3.45. The molecule has 22 heavy (non-hydrogen) atoms. The first-order chi connectivity index (χ1) is 10.2. The van der Waals surface area contributed by atoms with Crippen molar-refractivity contribution < 1.29 is 14.3 Å². The third kappa shape index (κ3) is 4.90. The van der Waals surface area contributed by atoms with Gasteiger partial charge in [-0.1, -0.05) is 0 Å². The van der Waals surface area contributed by atoms with Gasteiger partial charge in [0.25, 0.3) is 0 Å². The molecule has 122 valence electrons. The highest BCUT2D eigenvalue weighted by Gasteiger charge is 2.27. The summed E-state index contributed by atoms with van der Waals surface area (Å²) in [7, 11) is 0. The maximum Gasteiger partial charge on any atom is 0.410 e. The van der Waals surface area contributed by atoms with Gasteiger partial charge in [-0.2, -0.15) is 0 Å². The lowest BCUT2D eigenvalue weighted by Crippen LogP contribution is -2.44. The molecule has 1 saturated heterocycles. The van der Waals surface area contributed by atoms with Crippen molar-refractivity contribution in [3.63, 3.8) is 0 Å². The monoisotopic (exact) mass is 306 g/mol. The van der Waals surface area contributed by atoms with E-state index in [9.17, 15) is 4.79 Å². The molecule has 0 bridgehead atoms. The van der Waals surface area contributed by atoms with Gasteiger partial charge in [0.1, 0.15) is 17.5 Å². The number of hydrogen-bond acceptors (Lipinski definition) is 4. The Hall–Kier alpha value is -1.78. The van der Waals surface area contributed by atoms with Gasteiger partial charge in [0.15, 0.2) is 0 Å². The number of hydrogen-bond donors (Lipinski definition) is 0. The average molecular weight is 306 g/mol. The summed E-state index contributed by atoms with van der Waals surface area (Å²) >= 11 is 0. The molecule has 0 aromatic carbocycles. The van der Waals surface area contributed by atoms with Crippen LogP contribution in [0.5, 0.6) is 5.75 Å². The fraction of sp³-hybridized carbons (Fsp3) is 0.647. The SMILES string of the molecule is Cc1cc(OC2CCN(C(=O)OC(C)(C)C)CC2)cc(C)n1. The average Bonchev–Trinajstić information content (AvgIpc) is 2.36. The molecule has 0 atom stereocenters. The maximum atomic E-state index is 12.0.